The number of nitrogens with zero attached hydrogens (tertiary/aromatic N) is 1. The van der Waals surface area contributed by atoms with Crippen molar-refractivity contribution in [2.45, 2.75) is 25.1 Å². The first-order valence-corrected chi connectivity index (χ1v) is 7.25. The second-order valence-corrected chi connectivity index (χ2v) is 6.11. The van der Waals surface area contributed by atoms with E-state index in [2.05, 4.69) is 18.1 Å². The fourth-order valence-electron chi connectivity index (χ4n) is 2.89. The summed E-state index contributed by atoms with van der Waals surface area (Å²) < 4.78 is 26.7. The summed E-state index contributed by atoms with van der Waals surface area (Å²) in [6, 6.07) is 4.60. The molecule has 21 heavy (non-hydrogen) atoms. The Morgan fingerprint density at radius 1 is 1.43 bits per heavy atom. The standard InChI is InChI=1S/C17H20F2N2/c1-10-8-21(9-17(10)20)11(2)15-4-3-14(18)6-12(15)5-13-7-16(13)19/h3-4,6,13,16-17H,1-2,5,7-9,20H2. The van der Waals surface area contributed by atoms with Gasteiger partial charge in [0.25, 0.3) is 0 Å². The number of nitrogens with two attached hydrogens (primary N) is 1. The van der Waals surface area contributed by atoms with Crippen LogP contribution in [0.2, 0.25) is 0 Å². The van der Waals surface area contributed by atoms with Crippen LogP contribution in [-0.2, 0) is 6.42 Å². The predicted octanol–water partition coefficient (Wildman–Crippen LogP) is 2.90. The van der Waals surface area contributed by atoms with E-state index in [0.29, 0.717) is 25.9 Å². The second-order valence-electron chi connectivity index (χ2n) is 6.11. The fourth-order valence-corrected chi connectivity index (χ4v) is 2.89. The number of hydrogen-bond acceptors (Lipinski definition) is 2. The van der Waals surface area contributed by atoms with Crippen molar-refractivity contribution >= 4 is 5.70 Å². The summed E-state index contributed by atoms with van der Waals surface area (Å²) in [5.41, 5.74) is 9.47. The number of rotatable bonds is 4. The minimum Gasteiger partial charge on any atom is -0.366 e. The van der Waals surface area contributed by atoms with Crippen LogP contribution >= 0.6 is 0 Å². The molecule has 1 aliphatic heterocycles. The molecule has 1 aromatic rings. The Labute approximate surface area is 123 Å². The van der Waals surface area contributed by atoms with Crippen molar-refractivity contribution in [2.75, 3.05) is 13.1 Å². The van der Waals surface area contributed by atoms with Gasteiger partial charge in [-0.05, 0) is 48.1 Å². The average molecular weight is 290 g/mol. The molecule has 112 valence electrons. The molecular weight excluding hydrogens is 270 g/mol. The molecule has 0 bridgehead atoms. The maximum atomic E-state index is 13.5. The van der Waals surface area contributed by atoms with Crippen LogP contribution in [0, 0.1) is 11.7 Å². The largest absolute Gasteiger partial charge is 0.366 e. The summed E-state index contributed by atoms with van der Waals surface area (Å²) in [7, 11) is 0. The number of benzene rings is 1. The lowest BCUT2D eigenvalue weighted by molar-refractivity contribution is 0.444. The van der Waals surface area contributed by atoms with E-state index in [-0.39, 0.29) is 17.8 Å². The van der Waals surface area contributed by atoms with Crippen molar-refractivity contribution in [1.82, 2.24) is 4.90 Å². The van der Waals surface area contributed by atoms with Gasteiger partial charge in [-0.2, -0.15) is 0 Å². The van der Waals surface area contributed by atoms with E-state index in [1.165, 1.54) is 12.1 Å². The van der Waals surface area contributed by atoms with E-state index in [9.17, 15) is 8.78 Å². The molecule has 2 nitrogen and oxygen atoms in total. The minimum atomic E-state index is -0.741. The Kier molecular flexibility index (Phi) is 3.57. The van der Waals surface area contributed by atoms with Crippen LogP contribution in [0.3, 0.4) is 0 Å². The van der Waals surface area contributed by atoms with Gasteiger partial charge < -0.3 is 10.6 Å². The van der Waals surface area contributed by atoms with Crippen molar-refractivity contribution in [3.05, 3.63) is 53.9 Å². The highest BCUT2D eigenvalue weighted by atomic mass is 19.1. The highest BCUT2D eigenvalue weighted by Crippen LogP contribution is 2.38. The first-order valence-electron chi connectivity index (χ1n) is 7.25. The lowest BCUT2D eigenvalue weighted by Crippen LogP contribution is -2.26. The Morgan fingerprint density at radius 3 is 2.71 bits per heavy atom. The van der Waals surface area contributed by atoms with E-state index in [1.807, 2.05) is 0 Å². The predicted molar refractivity (Wildman–Crippen MR) is 80.8 cm³/mol. The van der Waals surface area contributed by atoms with Gasteiger partial charge in [-0.15, -0.1) is 0 Å². The molecule has 2 aliphatic rings. The molecule has 0 aromatic heterocycles. The van der Waals surface area contributed by atoms with E-state index < -0.39 is 6.17 Å². The van der Waals surface area contributed by atoms with Crippen molar-refractivity contribution < 1.29 is 8.78 Å². The van der Waals surface area contributed by atoms with E-state index >= 15 is 0 Å². The summed E-state index contributed by atoms with van der Waals surface area (Å²) in [6.45, 7) is 9.42. The van der Waals surface area contributed by atoms with Gasteiger partial charge in [0.2, 0.25) is 0 Å². The van der Waals surface area contributed by atoms with Gasteiger partial charge in [-0.25, -0.2) is 8.78 Å². The van der Waals surface area contributed by atoms with Crippen molar-refractivity contribution in [3.8, 4) is 0 Å². The summed E-state index contributed by atoms with van der Waals surface area (Å²) in [5, 5.41) is 0. The Balaban J connectivity index is 1.83. The van der Waals surface area contributed by atoms with Crippen LogP contribution in [-0.4, -0.2) is 30.2 Å². The summed E-state index contributed by atoms with van der Waals surface area (Å²) >= 11 is 0. The smallest absolute Gasteiger partial charge is 0.123 e. The molecule has 3 rings (SSSR count). The highest BCUT2D eigenvalue weighted by Gasteiger charge is 2.38. The van der Waals surface area contributed by atoms with Gasteiger partial charge in [-0.1, -0.05) is 13.2 Å². The van der Waals surface area contributed by atoms with Crippen LogP contribution < -0.4 is 5.73 Å². The molecule has 1 saturated heterocycles. The molecular formula is C17H20F2N2. The van der Waals surface area contributed by atoms with Gasteiger partial charge in [0.05, 0.1) is 0 Å². The third kappa shape index (κ3) is 2.86. The van der Waals surface area contributed by atoms with Crippen molar-refractivity contribution in [2.24, 2.45) is 11.7 Å². The van der Waals surface area contributed by atoms with Crippen LogP contribution in [0.1, 0.15) is 17.5 Å². The fraction of sp³-hybridized carbons (Fsp3) is 0.412. The van der Waals surface area contributed by atoms with Crippen LogP contribution in [0.4, 0.5) is 8.78 Å². The number of hydrogen-bond donors (Lipinski definition) is 1. The molecule has 2 N–H and O–H groups in total. The zero-order chi connectivity index (χ0) is 15.1. The number of alkyl halides is 1. The molecule has 0 spiro atoms. The van der Waals surface area contributed by atoms with Crippen LogP contribution in [0.25, 0.3) is 5.70 Å². The molecule has 4 heteroatoms. The van der Waals surface area contributed by atoms with Crippen molar-refractivity contribution in [1.29, 1.82) is 0 Å². The minimum absolute atomic E-state index is 0.0224. The first kappa shape index (κ1) is 14.3. The third-order valence-corrected chi connectivity index (χ3v) is 4.41. The van der Waals surface area contributed by atoms with Gasteiger partial charge in [0.1, 0.15) is 12.0 Å². The van der Waals surface area contributed by atoms with Crippen LogP contribution in [0.5, 0.6) is 0 Å². The molecule has 1 saturated carbocycles. The maximum absolute atomic E-state index is 13.5. The summed E-state index contributed by atoms with van der Waals surface area (Å²) in [4.78, 5) is 2.06. The molecule has 1 aromatic carbocycles. The first-order chi connectivity index (χ1) is 9.95. The normalized spacial score (nSPS) is 28.0. The second kappa shape index (κ2) is 5.26. The Morgan fingerprint density at radius 2 is 2.14 bits per heavy atom. The molecule has 0 amide bonds. The molecule has 3 atom stereocenters. The lowest BCUT2D eigenvalue weighted by Gasteiger charge is -2.23. The summed E-state index contributed by atoms with van der Waals surface area (Å²) in [5.74, 6) is -0.269. The molecule has 1 aliphatic carbocycles. The Hall–Kier alpha value is -1.68. The van der Waals surface area contributed by atoms with Crippen LogP contribution in [0.15, 0.2) is 36.9 Å². The third-order valence-electron chi connectivity index (χ3n) is 4.41. The van der Waals surface area contributed by atoms with Gasteiger partial charge in [-0.3, -0.25) is 0 Å². The highest BCUT2D eigenvalue weighted by molar-refractivity contribution is 5.66. The zero-order valence-corrected chi connectivity index (χ0v) is 12.0. The van der Waals surface area contributed by atoms with E-state index in [1.54, 1.807) is 6.07 Å². The maximum Gasteiger partial charge on any atom is 0.123 e. The molecule has 1 heterocycles. The summed E-state index contributed by atoms with van der Waals surface area (Å²) in [6.07, 6.45) is 0.399. The monoisotopic (exact) mass is 290 g/mol. The molecule has 2 fully saturated rings. The number of halogens is 2. The molecule has 3 unspecified atom stereocenters. The SMILES string of the molecule is C=C1CN(C(=C)c2ccc(F)cc2CC2CC2F)CC1N. The van der Waals surface area contributed by atoms with Gasteiger partial charge in [0, 0.05) is 30.4 Å². The average Bonchev–Trinajstić information content (AvgIpc) is 3.01. The number of likely N-dealkylation sites (tertiary alicyclic amines) is 1. The van der Waals surface area contributed by atoms with E-state index in [0.717, 1.165) is 22.4 Å². The van der Waals surface area contributed by atoms with Gasteiger partial charge >= 0.3 is 0 Å². The quantitative estimate of drug-likeness (QED) is 0.864. The lowest BCUT2D eigenvalue weighted by atomic mass is 9.99. The zero-order valence-electron chi connectivity index (χ0n) is 12.0. The van der Waals surface area contributed by atoms with Gasteiger partial charge in [0.15, 0.2) is 0 Å². The Bertz CT molecular complexity index is 596. The molecule has 0 radical (unpaired) electrons. The van der Waals surface area contributed by atoms with E-state index in [4.69, 9.17) is 5.73 Å². The topological polar surface area (TPSA) is 29.3 Å². The van der Waals surface area contributed by atoms with Crippen molar-refractivity contribution in [3.63, 3.8) is 0 Å².